The molecular weight excluding hydrogens is 338 g/mol. The second kappa shape index (κ2) is 8.26. The van der Waals surface area contributed by atoms with E-state index in [2.05, 4.69) is 12.1 Å². The number of carbonyl (C=O) groups excluding carboxylic acids is 1. The van der Waals surface area contributed by atoms with E-state index in [9.17, 15) is 4.79 Å². The van der Waals surface area contributed by atoms with Gasteiger partial charge in [-0.3, -0.25) is 0 Å². The van der Waals surface area contributed by atoms with Crippen LogP contribution in [0, 0.1) is 0 Å². The van der Waals surface area contributed by atoms with Crippen molar-refractivity contribution in [3.63, 3.8) is 0 Å². The van der Waals surface area contributed by atoms with Gasteiger partial charge >= 0.3 is 6.09 Å². The van der Waals surface area contributed by atoms with Gasteiger partial charge in [0, 0.05) is 30.5 Å². The lowest BCUT2D eigenvalue weighted by Gasteiger charge is -2.38. The van der Waals surface area contributed by atoms with Crippen molar-refractivity contribution in [1.29, 1.82) is 0 Å². The number of amides is 1. The van der Waals surface area contributed by atoms with E-state index in [1.165, 1.54) is 0 Å². The third kappa shape index (κ3) is 4.45. The van der Waals surface area contributed by atoms with Gasteiger partial charge in [-0.15, -0.1) is 0 Å². The molecule has 0 aromatic heterocycles. The van der Waals surface area contributed by atoms with E-state index in [0.29, 0.717) is 24.7 Å². The summed E-state index contributed by atoms with van der Waals surface area (Å²) in [7, 11) is 0. The number of piperidine rings is 1. The summed E-state index contributed by atoms with van der Waals surface area (Å²) >= 11 is 5.95. The molecule has 0 radical (unpaired) electrons. The standard InChI is InChI=1S/C20H22ClNO3/c1-2-24-20(23)22-13-12-19(25-17-10-8-16(21)9-11-17)18(14-22)15-6-4-3-5-7-15/h3-11,18-19H,2,12-14H2,1H3. The van der Waals surface area contributed by atoms with Gasteiger partial charge in [0.1, 0.15) is 11.9 Å². The molecule has 2 aromatic carbocycles. The topological polar surface area (TPSA) is 38.8 Å². The molecule has 1 aliphatic heterocycles. The lowest BCUT2D eigenvalue weighted by molar-refractivity contribution is 0.0574. The Bertz CT molecular complexity index is 690. The van der Waals surface area contributed by atoms with Gasteiger partial charge in [0.15, 0.2) is 0 Å². The largest absolute Gasteiger partial charge is 0.490 e. The first-order chi connectivity index (χ1) is 12.2. The molecule has 0 bridgehead atoms. The number of carbonyl (C=O) groups is 1. The molecule has 2 aromatic rings. The Balaban J connectivity index is 1.79. The number of halogens is 1. The van der Waals surface area contributed by atoms with Crippen LogP contribution in [0.1, 0.15) is 24.8 Å². The van der Waals surface area contributed by atoms with Crippen LogP contribution in [-0.4, -0.2) is 36.8 Å². The van der Waals surface area contributed by atoms with Gasteiger partial charge in [0.25, 0.3) is 0 Å². The molecule has 4 nitrogen and oxygen atoms in total. The van der Waals surface area contributed by atoms with Crippen molar-refractivity contribution in [2.24, 2.45) is 0 Å². The van der Waals surface area contributed by atoms with Crippen LogP contribution in [0.15, 0.2) is 54.6 Å². The van der Waals surface area contributed by atoms with Crippen LogP contribution in [-0.2, 0) is 4.74 Å². The minimum atomic E-state index is -0.256. The smallest absolute Gasteiger partial charge is 0.409 e. The summed E-state index contributed by atoms with van der Waals surface area (Å²) in [5.41, 5.74) is 1.16. The zero-order valence-corrected chi connectivity index (χ0v) is 15.0. The molecule has 5 heteroatoms. The fourth-order valence-corrected chi connectivity index (χ4v) is 3.29. The quantitative estimate of drug-likeness (QED) is 0.791. The van der Waals surface area contributed by atoms with Gasteiger partial charge in [0.2, 0.25) is 0 Å². The fourth-order valence-electron chi connectivity index (χ4n) is 3.16. The summed E-state index contributed by atoms with van der Waals surface area (Å²) in [5, 5.41) is 0.684. The first kappa shape index (κ1) is 17.6. The lowest BCUT2D eigenvalue weighted by Crippen LogP contribution is -2.47. The SMILES string of the molecule is CCOC(=O)N1CCC(Oc2ccc(Cl)cc2)C(c2ccccc2)C1. The van der Waals surface area contributed by atoms with Gasteiger partial charge in [-0.25, -0.2) is 4.79 Å². The highest BCUT2D eigenvalue weighted by Gasteiger charge is 2.34. The molecule has 1 aliphatic rings. The second-order valence-corrected chi connectivity index (χ2v) is 6.50. The molecule has 1 heterocycles. The number of ether oxygens (including phenoxy) is 2. The number of hydrogen-bond donors (Lipinski definition) is 0. The predicted molar refractivity (Wildman–Crippen MR) is 98.3 cm³/mol. The third-order valence-corrected chi connectivity index (χ3v) is 4.66. The first-order valence-corrected chi connectivity index (χ1v) is 8.94. The van der Waals surface area contributed by atoms with Crippen molar-refractivity contribution in [2.45, 2.75) is 25.4 Å². The van der Waals surface area contributed by atoms with Crippen LogP contribution >= 0.6 is 11.6 Å². The molecule has 0 spiro atoms. The predicted octanol–water partition coefficient (Wildman–Crippen LogP) is 4.73. The summed E-state index contributed by atoms with van der Waals surface area (Å²) in [4.78, 5) is 13.9. The second-order valence-electron chi connectivity index (χ2n) is 6.06. The summed E-state index contributed by atoms with van der Waals surface area (Å²) in [6, 6.07) is 17.6. The number of rotatable bonds is 4. The van der Waals surface area contributed by atoms with Crippen molar-refractivity contribution >= 4 is 17.7 Å². The number of likely N-dealkylation sites (tertiary alicyclic amines) is 1. The summed E-state index contributed by atoms with van der Waals surface area (Å²) in [5.74, 6) is 0.884. The molecule has 1 amide bonds. The van der Waals surface area contributed by atoms with E-state index in [4.69, 9.17) is 21.1 Å². The molecule has 0 N–H and O–H groups in total. The van der Waals surface area contributed by atoms with Crippen LogP contribution in [0.2, 0.25) is 5.02 Å². The Kier molecular flexibility index (Phi) is 5.82. The molecular formula is C20H22ClNO3. The van der Waals surface area contributed by atoms with E-state index >= 15 is 0 Å². The zero-order chi connectivity index (χ0) is 17.6. The summed E-state index contributed by atoms with van der Waals surface area (Å²) in [6.07, 6.45) is 0.490. The maximum atomic E-state index is 12.1. The van der Waals surface area contributed by atoms with Crippen LogP contribution in [0.5, 0.6) is 5.75 Å². The van der Waals surface area contributed by atoms with Crippen LogP contribution in [0.3, 0.4) is 0 Å². The van der Waals surface area contributed by atoms with Gasteiger partial charge in [-0.1, -0.05) is 41.9 Å². The highest BCUT2D eigenvalue weighted by molar-refractivity contribution is 6.30. The highest BCUT2D eigenvalue weighted by Crippen LogP contribution is 2.31. The van der Waals surface area contributed by atoms with E-state index in [0.717, 1.165) is 17.7 Å². The van der Waals surface area contributed by atoms with Crippen molar-refractivity contribution in [1.82, 2.24) is 4.90 Å². The van der Waals surface area contributed by atoms with Gasteiger partial charge in [0.05, 0.1) is 6.61 Å². The van der Waals surface area contributed by atoms with Gasteiger partial charge in [-0.05, 0) is 36.8 Å². The molecule has 1 fully saturated rings. The number of hydrogen-bond acceptors (Lipinski definition) is 3. The molecule has 0 aliphatic carbocycles. The Hall–Kier alpha value is -2.20. The molecule has 1 saturated heterocycles. The molecule has 2 unspecified atom stereocenters. The average Bonchev–Trinajstić information content (AvgIpc) is 2.65. The van der Waals surface area contributed by atoms with Crippen molar-refractivity contribution in [3.8, 4) is 5.75 Å². The molecule has 3 rings (SSSR count). The van der Waals surface area contributed by atoms with Crippen molar-refractivity contribution in [3.05, 3.63) is 65.2 Å². The van der Waals surface area contributed by atoms with E-state index in [1.54, 1.807) is 4.90 Å². The fraction of sp³-hybridized carbons (Fsp3) is 0.350. The number of nitrogens with zero attached hydrogens (tertiary/aromatic N) is 1. The van der Waals surface area contributed by atoms with Crippen LogP contribution < -0.4 is 4.74 Å². The summed E-state index contributed by atoms with van der Waals surface area (Å²) < 4.78 is 11.4. The van der Waals surface area contributed by atoms with E-state index < -0.39 is 0 Å². The van der Waals surface area contributed by atoms with Gasteiger partial charge in [-0.2, -0.15) is 0 Å². The van der Waals surface area contributed by atoms with Crippen LogP contribution in [0.4, 0.5) is 4.79 Å². The Morgan fingerprint density at radius 2 is 1.88 bits per heavy atom. The monoisotopic (exact) mass is 359 g/mol. The molecule has 0 saturated carbocycles. The third-order valence-electron chi connectivity index (χ3n) is 4.40. The van der Waals surface area contributed by atoms with E-state index in [1.807, 2.05) is 49.4 Å². The van der Waals surface area contributed by atoms with Crippen LogP contribution in [0.25, 0.3) is 0 Å². The first-order valence-electron chi connectivity index (χ1n) is 8.56. The highest BCUT2D eigenvalue weighted by atomic mass is 35.5. The lowest BCUT2D eigenvalue weighted by atomic mass is 9.88. The number of benzene rings is 2. The van der Waals surface area contributed by atoms with Crippen molar-refractivity contribution in [2.75, 3.05) is 19.7 Å². The normalized spacial score (nSPS) is 20.2. The van der Waals surface area contributed by atoms with Gasteiger partial charge < -0.3 is 14.4 Å². The average molecular weight is 360 g/mol. The maximum absolute atomic E-state index is 12.1. The minimum Gasteiger partial charge on any atom is -0.490 e. The zero-order valence-electron chi connectivity index (χ0n) is 14.2. The molecule has 25 heavy (non-hydrogen) atoms. The Morgan fingerprint density at radius 3 is 2.56 bits per heavy atom. The molecule has 132 valence electrons. The minimum absolute atomic E-state index is 0.00532. The Labute approximate surface area is 153 Å². The molecule has 2 atom stereocenters. The summed E-state index contributed by atoms with van der Waals surface area (Å²) in [6.45, 7) is 3.42. The van der Waals surface area contributed by atoms with Crippen molar-refractivity contribution < 1.29 is 14.3 Å². The van der Waals surface area contributed by atoms with E-state index in [-0.39, 0.29) is 18.1 Å². The maximum Gasteiger partial charge on any atom is 0.409 e. The Morgan fingerprint density at radius 1 is 1.16 bits per heavy atom.